The van der Waals surface area contributed by atoms with E-state index < -0.39 is 29.6 Å². The van der Waals surface area contributed by atoms with Crippen molar-refractivity contribution in [2.45, 2.75) is 71.6 Å². The fourth-order valence-electron chi connectivity index (χ4n) is 4.98. The zero-order valence-corrected chi connectivity index (χ0v) is 23.4. The van der Waals surface area contributed by atoms with E-state index in [9.17, 15) is 24.9 Å². The largest absolute Gasteiger partial charge is 0.480 e. The number of para-hydroxylation sites is 2. The van der Waals surface area contributed by atoms with Gasteiger partial charge >= 0.3 is 11.9 Å². The third-order valence-corrected chi connectivity index (χ3v) is 6.86. The van der Waals surface area contributed by atoms with Crippen LogP contribution in [0.1, 0.15) is 49.9 Å². The van der Waals surface area contributed by atoms with Gasteiger partial charge in [0.25, 0.3) is 0 Å². The van der Waals surface area contributed by atoms with Gasteiger partial charge in [0, 0.05) is 75.6 Å². The maximum Gasteiger partial charge on any atom is 0.317 e. The molecule has 0 aliphatic carbocycles. The summed E-state index contributed by atoms with van der Waals surface area (Å²) in [6.07, 6.45) is 0. The molecular weight excluding hydrogens is 520 g/mol. The molecule has 0 bridgehead atoms. The highest BCUT2D eigenvalue weighted by molar-refractivity contribution is 5.69. The lowest BCUT2D eigenvalue weighted by atomic mass is 10.0. The Morgan fingerprint density at radius 1 is 0.825 bits per heavy atom. The van der Waals surface area contributed by atoms with Crippen molar-refractivity contribution in [3.63, 3.8) is 0 Å². The number of benzene rings is 2. The van der Waals surface area contributed by atoms with Gasteiger partial charge in [0.1, 0.15) is 11.5 Å². The second kappa shape index (κ2) is 12.1. The van der Waals surface area contributed by atoms with Crippen molar-refractivity contribution < 1.29 is 43.9 Å². The Morgan fingerprint density at radius 3 is 1.80 bits per heavy atom. The number of nitrogens with zero attached hydrogens (tertiary/aromatic N) is 2. The normalized spacial score (nSPS) is 17.9. The number of ether oxygens (including phenoxy) is 4. The minimum absolute atomic E-state index is 0.101. The van der Waals surface area contributed by atoms with Crippen LogP contribution in [0.2, 0.25) is 0 Å². The lowest BCUT2D eigenvalue weighted by Crippen LogP contribution is -2.48. The Kier molecular flexibility index (Phi) is 9.01. The fraction of sp³-hybridized carbons (Fsp3) is 0.517. The van der Waals surface area contributed by atoms with Gasteiger partial charge in [-0.05, 0) is 0 Å². The molecule has 0 fully saturated rings. The number of fused-ring (bicyclic) bond motifs is 2. The van der Waals surface area contributed by atoms with Crippen LogP contribution in [0.5, 0.6) is 11.5 Å². The maximum absolute atomic E-state index is 11.9. The average molecular weight is 559 g/mol. The first-order chi connectivity index (χ1) is 18.9. The van der Waals surface area contributed by atoms with Crippen LogP contribution in [0.25, 0.3) is 0 Å². The van der Waals surface area contributed by atoms with E-state index >= 15 is 0 Å². The first-order valence-corrected chi connectivity index (χ1v) is 13.2. The Hall–Kier alpha value is -3.22. The highest BCUT2D eigenvalue weighted by Gasteiger charge is 2.32. The number of hydrogen-bond donors (Lipinski definition) is 3. The monoisotopic (exact) mass is 558 g/mol. The highest BCUT2D eigenvalue weighted by Crippen LogP contribution is 2.36. The molecule has 2 aliphatic rings. The summed E-state index contributed by atoms with van der Waals surface area (Å²) in [4.78, 5) is 27.0. The van der Waals surface area contributed by atoms with Crippen LogP contribution in [-0.4, -0.2) is 80.9 Å². The van der Waals surface area contributed by atoms with E-state index in [0.29, 0.717) is 24.7 Å². The smallest absolute Gasteiger partial charge is 0.317 e. The number of aliphatic carboxylic acids is 2. The van der Waals surface area contributed by atoms with Crippen LogP contribution >= 0.6 is 0 Å². The van der Waals surface area contributed by atoms with Crippen molar-refractivity contribution in [1.82, 2.24) is 9.80 Å². The summed E-state index contributed by atoms with van der Waals surface area (Å²) in [7, 11) is 0. The zero-order chi connectivity index (χ0) is 29.1. The van der Waals surface area contributed by atoms with Gasteiger partial charge in [-0.3, -0.25) is 19.4 Å². The summed E-state index contributed by atoms with van der Waals surface area (Å²) >= 11 is 0. The lowest BCUT2D eigenvalue weighted by Gasteiger charge is -2.37. The summed E-state index contributed by atoms with van der Waals surface area (Å²) in [5, 5.41) is 29.8. The SMILES string of the molecule is CC1(C)OCc2cccc(CN(CC(=O)O)CC(CO)N(CC(=O)O)Cc3cccc4c3OC(C)(C)OC4)c2O1. The van der Waals surface area contributed by atoms with E-state index in [1.165, 1.54) is 0 Å². The van der Waals surface area contributed by atoms with Crippen LogP contribution in [-0.2, 0) is 45.4 Å². The molecule has 40 heavy (non-hydrogen) atoms. The minimum atomic E-state index is -1.06. The molecule has 0 radical (unpaired) electrons. The van der Waals surface area contributed by atoms with Gasteiger partial charge < -0.3 is 34.3 Å². The van der Waals surface area contributed by atoms with Crippen molar-refractivity contribution in [3.8, 4) is 11.5 Å². The predicted molar refractivity (Wildman–Crippen MR) is 144 cm³/mol. The first kappa shape index (κ1) is 29.8. The van der Waals surface area contributed by atoms with E-state index in [2.05, 4.69) is 0 Å². The topological polar surface area (TPSA) is 138 Å². The third-order valence-electron chi connectivity index (χ3n) is 6.86. The standard InChI is InChI=1S/C29H38N2O9/c1-28(2)37-17-21-9-5-7-19(26(21)39-28)11-30(14-24(33)34)13-23(16-32)31(15-25(35)36)12-20-8-6-10-22-18-38-29(3,4)40-27(20)22/h5-10,23,32H,11-18H2,1-4H3,(H,33,34)(H,35,36). The van der Waals surface area contributed by atoms with Gasteiger partial charge in [-0.25, -0.2) is 0 Å². The molecule has 0 amide bonds. The lowest BCUT2D eigenvalue weighted by molar-refractivity contribution is -0.181. The van der Waals surface area contributed by atoms with Gasteiger partial charge in [0.2, 0.25) is 11.6 Å². The second-order valence-electron chi connectivity index (χ2n) is 11.1. The molecule has 3 N–H and O–H groups in total. The summed E-state index contributed by atoms with van der Waals surface area (Å²) < 4.78 is 23.6. The van der Waals surface area contributed by atoms with Crippen LogP contribution in [0.3, 0.4) is 0 Å². The number of rotatable bonds is 12. The molecule has 4 rings (SSSR count). The summed E-state index contributed by atoms with van der Waals surface area (Å²) in [6.45, 7) is 7.42. The van der Waals surface area contributed by atoms with Crippen molar-refractivity contribution in [3.05, 3.63) is 58.7 Å². The quantitative estimate of drug-likeness (QED) is 0.354. The maximum atomic E-state index is 11.9. The Labute approximate surface area is 233 Å². The fourth-order valence-corrected chi connectivity index (χ4v) is 4.98. The van der Waals surface area contributed by atoms with Crippen LogP contribution in [0, 0.1) is 0 Å². The molecular formula is C29H38N2O9. The van der Waals surface area contributed by atoms with E-state index in [1.807, 2.05) is 50.2 Å². The molecule has 2 heterocycles. The van der Waals surface area contributed by atoms with E-state index in [0.717, 1.165) is 22.3 Å². The molecule has 11 heteroatoms. The van der Waals surface area contributed by atoms with E-state index in [-0.39, 0.29) is 39.3 Å². The van der Waals surface area contributed by atoms with Gasteiger partial charge in [0.15, 0.2) is 0 Å². The van der Waals surface area contributed by atoms with Gasteiger partial charge in [0.05, 0.1) is 32.9 Å². The van der Waals surface area contributed by atoms with Gasteiger partial charge in [-0.15, -0.1) is 0 Å². The average Bonchev–Trinajstić information content (AvgIpc) is 2.86. The molecule has 2 aliphatic heterocycles. The Balaban J connectivity index is 1.59. The molecule has 0 saturated carbocycles. The highest BCUT2D eigenvalue weighted by atomic mass is 16.7. The second-order valence-corrected chi connectivity index (χ2v) is 11.1. The Bertz CT molecular complexity index is 1230. The van der Waals surface area contributed by atoms with Crippen LogP contribution in [0.4, 0.5) is 0 Å². The van der Waals surface area contributed by atoms with E-state index in [4.69, 9.17) is 18.9 Å². The Morgan fingerprint density at radius 2 is 1.32 bits per heavy atom. The van der Waals surface area contributed by atoms with Crippen molar-refractivity contribution in [2.24, 2.45) is 0 Å². The number of hydrogen-bond acceptors (Lipinski definition) is 9. The molecule has 0 saturated heterocycles. The van der Waals surface area contributed by atoms with Crippen molar-refractivity contribution in [2.75, 3.05) is 26.2 Å². The molecule has 0 aromatic heterocycles. The molecule has 2 aromatic carbocycles. The molecule has 0 spiro atoms. The summed E-state index contributed by atoms with van der Waals surface area (Å²) in [5.74, 6) is -2.50. The van der Waals surface area contributed by atoms with Crippen LogP contribution < -0.4 is 9.47 Å². The predicted octanol–water partition coefficient (Wildman–Crippen LogP) is 2.81. The molecule has 11 nitrogen and oxygen atoms in total. The molecule has 1 atom stereocenters. The van der Waals surface area contributed by atoms with Crippen LogP contribution in [0.15, 0.2) is 36.4 Å². The summed E-state index contributed by atoms with van der Waals surface area (Å²) in [5.41, 5.74) is 3.25. The molecule has 218 valence electrons. The zero-order valence-electron chi connectivity index (χ0n) is 23.4. The first-order valence-electron chi connectivity index (χ1n) is 13.2. The third kappa shape index (κ3) is 7.49. The number of carbonyl (C=O) groups is 2. The minimum Gasteiger partial charge on any atom is -0.480 e. The summed E-state index contributed by atoms with van der Waals surface area (Å²) in [6, 6.07) is 10.6. The van der Waals surface area contributed by atoms with Gasteiger partial charge in [-0.2, -0.15) is 0 Å². The molecule has 2 aromatic rings. The number of aliphatic hydroxyl groups excluding tert-OH is 1. The van der Waals surface area contributed by atoms with Gasteiger partial charge in [-0.1, -0.05) is 36.4 Å². The number of carboxylic acids is 2. The van der Waals surface area contributed by atoms with Crippen molar-refractivity contribution in [1.29, 1.82) is 0 Å². The number of aliphatic hydroxyl groups is 1. The van der Waals surface area contributed by atoms with Crippen molar-refractivity contribution >= 4 is 11.9 Å². The van der Waals surface area contributed by atoms with E-state index in [1.54, 1.807) is 23.6 Å². The number of carboxylic acid groups (broad SMARTS) is 2. The molecule has 1 unspecified atom stereocenters.